The molecule has 0 atom stereocenters. The van der Waals surface area contributed by atoms with Gasteiger partial charge in [0.1, 0.15) is 5.69 Å². The maximum absolute atomic E-state index is 11.0. The molecule has 4 heteroatoms. The summed E-state index contributed by atoms with van der Waals surface area (Å²) in [6, 6.07) is 7.79. The van der Waals surface area contributed by atoms with E-state index in [0.29, 0.717) is 5.69 Å². The number of benzene rings is 1. The van der Waals surface area contributed by atoms with Crippen LogP contribution >= 0.6 is 0 Å². The third-order valence-corrected chi connectivity index (χ3v) is 3.15. The Morgan fingerprint density at radius 2 is 2.06 bits per heavy atom. The summed E-state index contributed by atoms with van der Waals surface area (Å²) in [5, 5.41) is 10.1. The average molecular weight is 228 g/mol. The first-order chi connectivity index (χ1) is 8.08. The van der Waals surface area contributed by atoms with Crippen LogP contribution in [0.3, 0.4) is 0 Å². The smallest absolute Gasteiger partial charge is 0.352 e. The zero-order valence-electron chi connectivity index (χ0n) is 9.61. The number of fused-ring (bicyclic) bond motifs is 3. The molecule has 0 fully saturated rings. The molecular weight excluding hydrogens is 216 g/mol. The summed E-state index contributed by atoms with van der Waals surface area (Å²) in [5.74, 6) is -0.905. The first-order valence-corrected chi connectivity index (χ1v) is 5.39. The molecule has 0 radical (unpaired) electrons. The van der Waals surface area contributed by atoms with Crippen molar-refractivity contribution in [2.24, 2.45) is 7.05 Å². The highest BCUT2D eigenvalue weighted by molar-refractivity contribution is 6.08. The summed E-state index contributed by atoms with van der Waals surface area (Å²) in [6.45, 7) is 2.04. The molecule has 4 nitrogen and oxygen atoms in total. The Balaban J connectivity index is 2.46. The molecule has 2 N–H and O–H groups in total. The lowest BCUT2D eigenvalue weighted by molar-refractivity contribution is 0.0687. The topological polar surface area (TPSA) is 58.0 Å². The number of rotatable bonds is 1. The lowest BCUT2D eigenvalue weighted by Crippen LogP contribution is -2.03. The maximum Gasteiger partial charge on any atom is 0.352 e. The summed E-state index contributed by atoms with van der Waals surface area (Å²) >= 11 is 0. The molecule has 1 aromatic carbocycles. The molecule has 0 aliphatic carbocycles. The molecular formula is C13H12N2O2. The van der Waals surface area contributed by atoms with Gasteiger partial charge in [0, 0.05) is 18.0 Å². The van der Waals surface area contributed by atoms with Crippen LogP contribution in [0.2, 0.25) is 0 Å². The van der Waals surface area contributed by atoms with E-state index in [1.807, 2.05) is 19.1 Å². The minimum Gasteiger partial charge on any atom is -0.477 e. The number of nitrogens with zero attached hydrogens (tertiary/aromatic N) is 1. The highest BCUT2D eigenvalue weighted by Gasteiger charge is 2.15. The van der Waals surface area contributed by atoms with E-state index in [2.05, 4.69) is 11.1 Å². The van der Waals surface area contributed by atoms with Gasteiger partial charge in [0.25, 0.3) is 0 Å². The van der Waals surface area contributed by atoms with E-state index in [-0.39, 0.29) is 0 Å². The number of carbonyl (C=O) groups is 1. The molecule has 86 valence electrons. The number of aromatic nitrogens is 2. The van der Waals surface area contributed by atoms with Gasteiger partial charge < -0.3 is 14.7 Å². The van der Waals surface area contributed by atoms with Crippen molar-refractivity contribution in [3.63, 3.8) is 0 Å². The first-order valence-electron chi connectivity index (χ1n) is 5.39. The van der Waals surface area contributed by atoms with Crippen LogP contribution in [0.1, 0.15) is 16.1 Å². The third-order valence-electron chi connectivity index (χ3n) is 3.15. The second kappa shape index (κ2) is 3.13. The molecule has 0 unspecified atom stereocenters. The largest absolute Gasteiger partial charge is 0.477 e. The van der Waals surface area contributed by atoms with Crippen LogP contribution in [0.5, 0.6) is 0 Å². The Morgan fingerprint density at radius 3 is 2.76 bits per heavy atom. The summed E-state index contributed by atoms with van der Waals surface area (Å²) in [5.41, 5.74) is 4.33. The number of hydrogen-bond acceptors (Lipinski definition) is 1. The lowest BCUT2D eigenvalue weighted by Gasteiger charge is -1.99. The van der Waals surface area contributed by atoms with Gasteiger partial charge in [-0.15, -0.1) is 0 Å². The van der Waals surface area contributed by atoms with E-state index >= 15 is 0 Å². The quantitative estimate of drug-likeness (QED) is 0.672. The molecule has 0 spiro atoms. The molecule has 0 bridgehead atoms. The van der Waals surface area contributed by atoms with E-state index < -0.39 is 5.97 Å². The number of aromatic amines is 1. The number of aryl methyl sites for hydroxylation is 2. The number of H-pyrrole nitrogens is 1. The number of carboxylic acid groups (broad SMARTS) is 1. The zero-order valence-corrected chi connectivity index (χ0v) is 9.61. The Hall–Kier alpha value is -2.23. The van der Waals surface area contributed by atoms with E-state index in [0.717, 1.165) is 21.9 Å². The van der Waals surface area contributed by atoms with Crippen molar-refractivity contribution < 1.29 is 9.90 Å². The van der Waals surface area contributed by atoms with Crippen molar-refractivity contribution in [2.75, 3.05) is 0 Å². The average Bonchev–Trinajstić information content (AvgIpc) is 2.75. The Labute approximate surface area is 97.5 Å². The van der Waals surface area contributed by atoms with Crippen LogP contribution in [0.4, 0.5) is 0 Å². The second-order valence-corrected chi connectivity index (χ2v) is 4.33. The highest BCUT2D eigenvalue weighted by Crippen LogP contribution is 2.28. The van der Waals surface area contributed by atoms with Crippen molar-refractivity contribution in [3.8, 4) is 0 Å². The van der Waals surface area contributed by atoms with E-state index in [4.69, 9.17) is 5.11 Å². The predicted octanol–water partition coefficient (Wildman–Crippen LogP) is 2.67. The number of hydrogen-bond donors (Lipinski definition) is 2. The van der Waals surface area contributed by atoms with Gasteiger partial charge in [-0.05, 0) is 24.6 Å². The first kappa shape index (κ1) is 9.96. The normalized spacial score (nSPS) is 11.4. The predicted molar refractivity (Wildman–Crippen MR) is 66.5 cm³/mol. The summed E-state index contributed by atoms with van der Waals surface area (Å²) in [6.07, 6.45) is 0. The minimum absolute atomic E-state index is 0.300. The van der Waals surface area contributed by atoms with Crippen molar-refractivity contribution in [1.29, 1.82) is 0 Å². The van der Waals surface area contributed by atoms with E-state index in [9.17, 15) is 4.79 Å². The maximum atomic E-state index is 11.0. The molecule has 2 heterocycles. The standard InChI is InChI=1S/C13H12N2O2/c1-7-3-4-8-9(5-7)14-10-6-11(13(16)17)15(2)12(8)10/h3-6,14H,1-2H3,(H,16,17). The minimum atomic E-state index is -0.905. The van der Waals surface area contributed by atoms with Crippen molar-refractivity contribution in [1.82, 2.24) is 9.55 Å². The van der Waals surface area contributed by atoms with Gasteiger partial charge in [0.2, 0.25) is 0 Å². The number of nitrogens with one attached hydrogen (secondary N) is 1. The van der Waals surface area contributed by atoms with E-state index in [1.54, 1.807) is 17.7 Å². The van der Waals surface area contributed by atoms with Crippen molar-refractivity contribution >= 4 is 27.9 Å². The molecule has 2 aromatic heterocycles. The molecule has 0 saturated heterocycles. The van der Waals surface area contributed by atoms with Gasteiger partial charge in [-0.1, -0.05) is 12.1 Å². The van der Waals surface area contributed by atoms with E-state index in [1.165, 1.54) is 5.56 Å². The fourth-order valence-corrected chi connectivity index (χ4v) is 2.34. The highest BCUT2D eigenvalue weighted by atomic mass is 16.4. The Bertz CT molecular complexity index is 750. The fourth-order valence-electron chi connectivity index (χ4n) is 2.34. The van der Waals surface area contributed by atoms with Gasteiger partial charge in [0.15, 0.2) is 0 Å². The number of aromatic carboxylic acids is 1. The summed E-state index contributed by atoms with van der Waals surface area (Å²) < 4.78 is 1.71. The monoisotopic (exact) mass is 228 g/mol. The van der Waals surface area contributed by atoms with Crippen molar-refractivity contribution in [3.05, 3.63) is 35.5 Å². The van der Waals surface area contributed by atoms with Crippen molar-refractivity contribution in [2.45, 2.75) is 6.92 Å². The molecule has 0 aliphatic rings. The Kier molecular flexibility index (Phi) is 1.84. The van der Waals surface area contributed by atoms with Crippen LogP contribution in [-0.2, 0) is 7.05 Å². The lowest BCUT2D eigenvalue weighted by atomic mass is 10.2. The SMILES string of the molecule is Cc1ccc2c(c1)[nH]c1cc(C(=O)O)n(C)c12. The second-order valence-electron chi connectivity index (χ2n) is 4.33. The zero-order chi connectivity index (χ0) is 12.2. The van der Waals surface area contributed by atoms with Gasteiger partial charge in [-0.3, -0.25) is 0 Å². The van der Waals surface area contributed by atoms with Crippen LogP contribution in [0.25, 0.3) is 21.9 Å². The summed E-state index contributed by atoms with van der Waals surface area (Å²) in [7, 11) is 1.78. The fraction of sp³-hybridized carbons (Fsp3) is 0.154. The molecule has 3 rings (SSSR count). The third kappa shape index (κ3) is 1.27. The van der Waals surface area contributed by atoms with Gasteiger partial charge in [-0.25, -0.2) is 4.79 Å². The molecule has 0 amide bonds. The Morgan fingerprint density at radius 1 is 1.29 bits per heavy atom. The molecule has 3 aromatic rings. The van der Waals surface area contributed by atoms with Gasteiger partial charge in [0.05, 0.1) is 11.0 Å². The van der Waals surface area contributed by atoms with Gasteiger partial charge >= 0.3 is 5.97 Å². The molecule has 0 saturated carbocycles. The number of carboxylic acids is 1. The van der Waals surface area contributed by atoms with Crippen LogP contribution in [0.15, 0.2) is 24.3 Å². The van der Waals surface area contributed by atoms with Crippen LogP contribution in [-0.4, -0.2) is 20.6 Å². The van der Waals surface area contributed by atoms with Crippen LogP contribution in [0, 0.1) is 6.92 Å². The van der Waals surface area contributed by atoms with Crippen LogP contribution < -0.4 is 0 Å². The van der Waals surface area contributed by atoms with Gasteiger partial charge in [-0.2, -0.15) is 0 Å². The molecule has 0 aliphatic heterocycles. The summed E-state index contributed by atoms with van der Waals surface area (Å²) in [4.78, 5) is 14.3. The molecule has 17 heavy (non-hydrogen) atoms.